The minimum absolute atomic E-state index is 0.137. The molecule has 3 N–H and O–H groups in total. The average molecular weight is 344 g/mol. The van der Waals surface area contributed by atoms with Crippen LogP contribution in [-0.2, 0) is 9.59 Å². The fourth-order valence-electron chi connectivity index (χ4n) is 2.41. The standard InChI is InChI=1S/C16H16N4O3S/c1-9-17-13(8-24-9)10-3-2-4-11(7-10)18-14(21)6-5-12-15(22)20-16(23)19-12/h2-4,7-8,12H,5-6H2,1H3,(H,18,21)(H2,19,20,22,23). The van der Waals surface area contributed by atoms with Crippen LogP contribution in [0, 0.1) is 6.92 Å². The smallest absolute Gasteiger partial charge is 0.322 e. The summed E-state index contributed by atoms with van der Waals surface area (Å²) in [5.41, 5.74) is 2.47. The summed E-state index contributed by atoms with van der Waals surface area (Å²) < 4.78 is 0. The molecule has 7 nitrogen and oxygen atoms in total. The Labute approximate surface area is 142 Å². The number of urea groups is 1. The first-order valence-corrected chi connectivity index (χ1v) is 8.33. The van der Waals surface area contributed by atoms with Gasteiger partial charge in [-0.25, -0.2) is 9.78 Å². The minimum Gasteiger partial charge on any atom is -0.326 e. The van der Waals surface area contributed by atoms with Gasteiger partial charge in [-0.15, -0.1) is 11.3 Å². The molecule has 2 heterocycles. The van der Waals surface area contributed by atoms with Crippen LogP contribution in [0.3, 0.4) is 0 Å². The van der Waals surface area contributed by atoms with Crippen LogP contribution >= 0.6 is 11.3 Å². The zero-order valence-corrected chi connectivity index (χ0v) is 13.8. The topological polar surface area (TPSA) is 100 Å². The molecule has 1 aromatic heterocycles. The SMILES string of the molecule is Cc1nc(-c2cccc(NC(=O)CCC3NC(=O)NC3=O)c2)cs1. The maximum Gasteiger partial charge on any atom is 0.322 e. The zero-order chi connectivity index (χ0) is 17.1. The summed E-state index contributed by atoms with van der Waals surface area (Å²) in [7, 11) is 0. The normalized spacial score (nSPS) is 16.6. The molecular formula is C16H16N4O3S. The highest BCUT2D eigenvalue weighted by Gasteiger charge is 2.29. The summed E-state index contributed by atoms with van der Waals surface area (Å²) in [6.45, 7) is 1.94. The Balaban J connectivity index is 1.58. The second-order valence-electron chi connectivity index (χ2n) is 5.43. The first-order chi connectivity index (χ1) is 11.5. The van der Waals surface area contributed by atoms with Crippen molar-refractivity contribution in [1.82, 2.24) is 15.6 Å². The third-order valence-corrected chi connectivity index (χ3v) is 4.35. The van der Waals surface area contributed by atoms with E-state index < -0.39 is 18.0 Å². The summed E-state index contributed by atoms with van der Waals surface area (Å²) in [4.78, 5) is 38.9. The molecule has 8 heteroatoms. The Morgan fingerprint density at radius 3 is 2.88 bits per heavy atom. The van der Waals surface area contributed by atoms with E-state index in [9.17, 15) is 14.4 Å². The monoisotopic (exact) mass is 344 g/mol. The number of aromatic nitrogens is 1. The molecule has 3 rings (SSSR count). The number of thiazole rings is 1. The van der Waals surface area contributed by atoms with Crippen LogP contribution in [0.5, 0.6) is 0 Å². The third-order valence-electron chi connectivity index (χ3n) is 3.58. The molecule has 1 fully saturated rings. The number of nitrogens with one attached hydrogen (secondary N) is 3. The van der Waals surface area contributed by atoms with Gasteiger partial charge in [0.05, 0.1) is 10.7 Å². The van der Waals surface area contributed by atoms with Crippen LogP contribution in [0.1, 0.15) is 17.8 Å². The summed E-state index contributed by atoms with van der Waals surface area (Å²) in [5, 5.41) is 10.4. The predicted molar refractivity (Wildman–Crippen MR) is 90.6 cm³/mol. The van der Waals surface area contributed by atoms with Crippen LogP contribution in [0.4, 0.5) is 10.5 Å². The highest BCUT2D eigenvalue weighted by atomic mass is 32.1. The number of benzene rings is 1. The van der Waals surface area contributed by atoms with Gasteiger partial charge in [-0.3, -0.25) is 14.9 Å². The van der Waals surface area contributed by atoms with Crippen LogP contribution in [0.25, 0.3) is 11.3 Å². The number of aryl methyl sites for hydroxylation is 1. The Morgan fingerprint density at radius 2 is 2.21 bits per heavy atom. The van der Waals surface area contributed by atoms with Crippen molar-refractivity contribution in [2.24, 2.45) is 0 Å². The number of anilines is 1. The summed E-state index contributed by atoms with van der Waals surface area (Å²) in [6, 6.07) is 6.28. The van der Waals surface area contributed by atoms with Crippen molar-refractivity contribution in [2.75, 3.05) is 5.32 Å². The fraction of sp³-hybridized carbons (Fsp3) is 0.250. The number of hydrogen-bond acceptors (Lipinski definition) is 5. The van der Waals surface area contributed by atoms with E-state index in [-0.39, 0.29) is 18.7 Å². The van der Waals surface area contributed by atoms with Crippen molar-refractivity contribution in [1.29, 1.82) is 0 Å². The summed E-state index contributed by atoms with van der Waals surface area (Å²) >= 11 is 1.57. The molecule has 2 aromatic rings. The van der Waals surface area contributed by atoms with E-state index in [0.717, 1.165) is 16.3 Å². The number of amides is 4. The largest absolute Gasteiger partial charge is 0.326 e. The molecule has 1 atom stereocenters. The quantitative estimate of drug-likeness (QED) is 0.723. The van der Waals surface area contributed by atoms with Crippen LogP contribution in [0.2, 0.25) is 0 Å². The van der Waals surface area contributed by atoms with E-state index in [0.29, 0.717) is 5.69 Å². The van der Waals surface area contributed by atoms with E-state index in [1.54, 1.807) is 17.4 Å². The highest BCUT2D eigenvalue weighted by Crippen LogP contribution is 2.24. The van der Waals surface area contributed by atoms with E-state index >= 15 is 0 Å². The summed E-state index contributed by atoms with van der Waals surface area (Å²) in [6.07, 6.45) is 0.396. The van der Waals surface area contributed by atoms with Crippen molar-refractivity contribution in [3.63, 3.8) is 0 Å². The number of rotatable bonds is 5. The molecule has 0 spiro atoms. The second-order valence-corrected chi connectivity index (χ2v) is 6.50. The van der Waals surface area contributed by atoms with Gasteiger partial charge in [-0.05, 0) is 25.5 Å². The Hall–Kier alpha value is -2.74. The molecule has 0 saturated carbocycles. The van der Waals surface area contributed by atoms with Gasteiger partial charge in [0.15, 0.2) is 0 Å². The van der Waals surface area contributed by atoms with Gasteiger partial charge in [0.2, 0.25) is 5.91 Å². The van der Waals surface area contributed by atoms with Gasteiger partial charge in [0.25, 0.3) is 5.91 Å². The van der Waals surface area contributed by atoms with Crippen molar-refractivity contribution in [3.8, 4) is 11.3 Å². The van der Waals surface area contributed by atoms with E-state index in [1.165, 1.54) is 0 Å². The minimum atomic E-state index is -0.646. The Kier molecular flexibility index (Phi) is 4.57. The molecule has 0 bridgehead atoms. The number of hydrogen-bond donors (Lipinski definition) is 3. The van der Waals surface area contributed by atoms with Gasteiger partial charge >= 0.3 is 6.03 Å². The van der Waals surface area contributed by atoms with E-state index in [1.807, 2.05) is 30.5 Å². The lowest BCUT2D eigenvalue weighted by molar-refractivity contribution is -0.120. The maximum atomic E-state index is 12.0. The van der Waals surface area contributed by atoms with Gasteiger partial charge in [0.1, 0.15) is 6.04 Å². The van der Waals surface area contributed by atoms with Crippen molar-refractivity contribution >= 4 is 34.9 Å². The fourth-order valence-corrected chi connectivity index (χ4v) is 3.04. The van der Waals surface area contributed by atoms with E-state index in [4.69, 9.17) is 0 Å². The first kappa shape index (κ1) is 16.1. The summed E-state index contributed by atoms with van der Waals surface area (Å²) in [5.74, 6) is -0.607. The molecule has 1 unspecified atom stereocenters. The van der Waals surface area contributed by atoms with Gasteiger partial charge in [-0.1, -0.05) is 12.1 Å². The first-order valence-electron chi connectivity index (χ1n) is 7.45. The number of nitrogens with zero attached hydrogens (tertiary/aromatic N) is 1. The van der Waals surface area contributed by atoms with Gasteiger partial charge in [0, 0.05) is 23.1 Å². The lowest BCUT2D eigenvalue weighted by atomic mass is 10.1. The van der Waals surface area contributed by atoms with Crippen LogP contribution in [0.15, 0.2) is 29.6 Å². The molecule has 1 aliphatic rings. The molecule has 1 aliphatic heterocycles. The van der Waals surface area contributed by atoms with Gasteiger partial charge in [-0.2, -0.15) is 0 Å². The van der Waals surface area contributed by atoms with Crippen molar-refractivity contribution in [3.05, 3.63) is 34.7 Å². The highest BCUT2D eigenvalue weighted by molar-refractivity contribution is 7.09. The molecule has 1 saturated heterocycles. The van der Waals surface area contributed by atoms with Crippen molar-refractivity contribution in [2.45, 2.75) is 25.8 Å². The maximum absolute atomic E-state index is 12.0. The lowest BCUT2D eigenvalue weighted by Gasteiger charge is -2.09. The van der Waals surface area contributed by atoms with Crippen molar-refractivity contribution < 1.29 is 14.4 Å². The Bertz CT molecular complexity index is 802. The second kappa shape index (κ2) is 6.79. The lowest BCUT2D eigenvalue weighted by Crippen LogP contribution is -2.30. The number of carbonyl (C=O) groups excluding carboxylic acids is 3. The molecule has 124 valence electrons. The molecular weight excluding hydrogens is 328 g/mol. The van der Waals surface area contributed by atoms with E-state index in [2.05, 4.69) is 20.9 Å². The molecule has 4 amide bonds. The van der Waals surface area contributed by atoms with Crippen LogP contribution in [-0.4, -0.2) is 28.9 Å². The number of carbonyl (C=O) groups is 3. The Morgan fingerprint density at radius 1 is 1.38 bits per heavy atom. The van der Waals surface area contributed by atoms with Gasteiger partial charge < -0.3 is 10.6 Å². The molecule has 1 aromatic carbocycles. The molecule has 0 aliphatic carbocycles. The molecule has 24 heavy (non-hydrogen) atoms. The predicted octanol–water partition coefficient (Wildman–Crippen LogP) is 2.05. The molecule has 0 radical (unpaired) electrons. The van der Waals surface area contributed by atoms with Crippen LogP contribution < -0.4 is 16.0 Å². The zero-order valence-electron chi connectivity index (χ0n) is 13.0. The average Bonchev–Trinajstić information content (AvgIpc) is 3.11. The third kappa shape index (κ3) is 3.77. The number of imide groups is 1.